The number of carbonyl (C=O) groups excluding carboxylic acids is 1. The average Bonchev–Trinajstić information content (AvgIpc) is 2.74. The first-order chi connectivity index (χ1) is 15.1. The van der Waals surface area contributed by atoms with Gasteiger partial charge in [-0.15, -0.1) is 0 Å². The average molecular weight is 452 g/mol. The predicted octanol–water partition coefficient (Wildman–Crippen LogP) is 4.10. The summed E-state index contributed by atoms with van der Waals surface area (Å²) < 4.78 is 28.1. The number of amides is 1. The van der Waals surface area contributed by atoms with E-state index in [1.165, 1.54) is 5.56 Å². The molecule has 3 aromatic rings. The SMILES string of the molecule is Cc1ccc(C)c(S(=O)(=O)Nc2ccc(C(=O)NCc3ccc(CN(C)C)cc3)cc2)c1. The Morgan fingerprint density at radius 2 is 1.50 bits per heavy atom. The molecule has 0 heterocycles. The monoisotopic (exact) mass is 451 g/mol. The molecule has 0 aliphatic rings. The van der Waals surface area contributed by atoms with Crippen molar-refractivity contribution < 1.29 is 13.2 Å². The lowest BCUT2D eigenvalue weighted by atomic mass is 10.1. The fourth-order valence-corrected chi connectivity index (χ4v) is 4.70. The Labute approximate surface area is 190 Å². The van der Waals surface area contributed by atoms with Crippen LogP contribution in [0.2, 0.25) is 0 Å². The molecule has 0 aliphatic heterocycles. The molecule has 3 aromatic carbocycles. The fourth-order valence-electron chi connectivity index (χ4n) is 3.31. The van der Waals surface area contributed by atoms with Crippen LogP contribution in [0.5, 0.6) is 0 Å². The van der Waals surface area contributed by atoms with Crippen LogP contribution in [0.25, 0.3) is 0 Å². The highest BCUT2D eigenvalue weighted by Crippen LogP contribution is 2.21. The molecule has 0 spiro atoms. The Kier molecular flexibility index (Phi) is 7.33. The largest absolute Gasteiger partial charge is 0.348 e. The third-order valence-corrected chi connectivity index (χ3v) is 6.53. The standard InChI is InChI=1S/C25H29N3O3S/c1-18-5-6-19(2)24(15-18)32(30,31)27-23-13-11-22(12-14-23)25(29)26-16-20-7-9-21(10-8-20)17-28(3)4/h5-15,27H,16-17H2,1-4H3,(H,26,29). The molecule has 6 nitrogen and oxygen atoms in total. The third-order valence-electron chi connectivity index (χ3n) is 5.01. The van der Waals surface area contributed by atoms with Gasteiger partial charge in [0.05, 0.1) is 4.90 Å². The summed E-state index contributed by atoms with van der Waals surface area (Å²) in [5.74, 6) is -0.216. The molecule has 0 radical (unpaired) electrons. The maximum atomic E-state index is 12.7. The lowest BCUT2D eigenvalue weighted by molar-refractivity contribution is 0.0951. The Morgan fingerprint density at radius 1 is 0.875 bits per heavy atom. The normalized spacial score (nSPS) is 11.4. The quantitative estimate of drug-likeness (QED) is 0.541. The van der Waals surface area contributed by atoms with Crippen molar-refractivity contribution in [3.05, 3.63) is 94.5 Å². The van der Waals surface area contributed by atoms with Gasteiger partial charge in [0.15, 0.2) is 0 Å². The zero-order valence-electron chi connectivity index (χ0n) is 18.8. The van der Waals surface area contributed by atoms with Gasteiger partial charge in [-0.25, -0.2) is 8.42 Å². The van der Waals surface area contributed by atoms with E-state index in [2.05, 4.69) is 27.1 Å². The van der Waals surface area contributed by atoms with Crippen LogP contribution in [0, 0.1) is 13.8 Å². The number of hydrogen-bond acceptors (Lipinski definition) is 4. The summed E-state index contributed by atoms with van der Waals surface area (Å²) in [4.78, 5) is 14.8. The number of nitrogens with one attached hydrogen (secondary N) is 2. The summed E-state index contributed by atoms with van der Waals surface area (Å²) >= 11 is 0. The number of nitrogens with zero attached hydrogens (tertiary/aromatic N) is 1. The fraction of sp³-hybridized carbons (Fsp3) is 0.240. The topological polar surface area (TPSA) is 78.5 Å². The molecule has 0 saturated carbocycles. The summed E-state index contributed by atoms with van der Waals surface area (Å²) in [5.41, 5.74) is 4.63. The molecule has 0 atom stereocenters. The number of anilines is 1. The van der Waals surface area contributed by atoms with Gasteiger partial charge in [-0.2, -0.15) is 0 Å². The summed E-state index contributed by atoms with van der Waals surface area (Å²) in [6, 6.07) is 19.8. The van der Waals surface area contributed by atoms with Crippen LogP contribution in [0.15, 0.2) is 71.6 Å². The van der Waals surface area contributed by atoms with Crippen molar-refractivity contribution in [2.24, 2.45) is 0 Å². The summed E-state index contributed by atoms with van der Waals surface area (Å²) in [6.07, 6.45) is 0. The van der Waals surface area contributed by atoms with E-state index in [0.717, 1.165) is 17.7 Å². The van der Waals surface area contributed by atoms with Crippen molar-refractivity contribution in [3.8, 4) is 0 Å². The van der Waals surface area contributed by atoms with Crippen molar-refractivity contribution >= 4 is 21.6 Å². The van der Waals surface area contributed by atoms with Crippen molar-refractivity contribution in [2.75, 3.05) is 18.8 Å². The van der Waals surface area contributed by atoms with E-state index in [4.69, 9.17) is 0 Å². The molecule has 0 aromatic heterocycles. The maximum absolute atomic E-state index is 12.7. The smallest absolute Gasteiger partial charge is 0.262 e. The van der Waals surface area contributed by atoms with E-state index in [1.807, 2.05) is 39.2 Å². The van der Waals surface area contributed by atoms with Crippen LogP contribution >= 0.6 is 0 Å². The first kappa shape index (κ1) is 23.5. The Hall–Kier alpha value is -3.16. The van der Waals surface area contributed by atoms with E-state index in [0.29, 0.717) is 23.4 Å². The molecule has 32 heavy (non-hydrogen) atoms. The second kappa shape index (κ2) is 9.97. The minimum absolute atomic E-state index is 0.216. The van der Waals surface area contributed by atoms with Gasteiger partial charge in [0, 0.05) is 24.3 Å². The zero-order valence-corrected chi connectivity index (χ0v) is 19.7. The second-order valence-corrected chi connectivity index (χ2v) is 9.84. The molecule has 0 unspecified atom stereocenters. The van der Waals surface area contributed by atoms with E-state index < -0.39 is 10.0 Å². The van der Waals surface area contributed by atoms with E-state index in [9.17, 15) is 13.2 Å². The molecule has 0 saturated heterocycles. The first-order valence-corrected chi connectivity index (χ1v) is 11.8. The number of carbonyl (C=O) groups is 1. The molecule has 168 valence electrons. The lowest BCUT2D eigenvalue weighted by Gasteiger charge is -2.12. The number of rotatable bonds is 8. The van der Waals surface area contributed by atoms with Gasteiger partial charge in [0.25, 0.3) is 15.9 Å². The van der Waals surface area contributed by atoms with Crippen molar-refractivity contribution in [1.29, 1.82) is 0 Å². The number of hydrogen-bond donors (Lipinski definition) is 2. The second-order valence-electron chi connectivity index (χ2n) is 8.19. The van der Waals surface area contributed by atoms with Crippen LogP contribution in [-0.2, 0) is 23.1 Å². The van der Waals surface area contributed by atoms with Crippen molar-refractivity contribution in [3.63, 3.8) is 0 Å². The minimum Gasteiger partial charge on any atom is -0.348 e. The highest BCUT2D eigenvalue weighted by Gasteiger charge is 2.17. The molecular weight excluding hydrogens is 422 g/mol. The summed E-state index contributed by atoms with van der Waals surface area (Å²) in [6.45, 7) is 4.90. The molecule has 2 N–H and O–H groups in total. The van der Waals surface area contributed by atoms with Gasteiger partial charge >= 0.3 is 0 Å². The Bertz CT molecular complexity index is 1190. The van der Waals surface area contributed by atoms with E-state index in [1.54, 1.807) is 43.3 Å². The molecular formula is C25H29N3O3S. The molecule has 0 fully saturated rings. The first-order valence-electron chi connectivity index (χ1n) is 10.3. The number of aryl methyl sites for hydroxylation is 2. The summed E-state index contributed by atoms with van der Waals surface area (Å²) in [7, 11) is 0.333. The zero-order chi connectivity index (χ0) is 23.3. The van der Waals surface area contributed by atoms with Crippen molar-refractivity contribution in [1.82, 2.24) is 10.2 Å². The Morgan fingerprint density at radius 3 is 2.12 bits per heavy atom. The summed E-state index contributed by atoms with van der Waals surface area (Å²) in [5, 5.41) is 2.89. The van der Waals surface area contributed by atoms with Gasteiger partial charge in [-0.05, 0) is 80.5 Å². The van der Waals surface area contributed by atoms with Crippen LogP contribution < -0.4 is 10.0 Å². The van der Waals surface area contributed by atoms with Gasteiger partial charge in [0.2, 0.25) is 0 Å². The Balaban J connectivity index is 1.61. The van der Waals surface area contributed by atoms with E-state index in [-0.39, 0.29) is 10.8 Å². The van der Waals surface area contributed by atoms with Gasteiger partial charge in [-0.3, -0.25) is 9.52 Å². The van der Waals surface area contributed by atoms with Crippen molar-refractivity contribution in [2.45, 2.75) is 31.8 Å². The predicted molar refractivity (Wildman–Crippen MR) is 128 cm³/mol. The molecule has 0 bridgehead atoms. The molecule has 1 amide bonds. The number of sulfonamides is 1. The van der Waals surface area contributed by atoms with Gasteiger partial charge < -0.3 is 10.2 Å². The molecule has 0 aliphatic carbocycles. The van der Waals surface area contributed by atoms with Gasteiger partial charge in [-0.1, -0.05) is 36.4 Å². The molecule has 7 heteroatoms. The van der Waals surface area contributed by atoms with Gasteiger partial charge in [0.1, 0.15) is 0 Å². The highest BCUT2D eigenvalue weighted by molar-refractivity contribution is 7.92. The molecule has 3 rings (SSSR count). The van der Waals surface area contributed by atoms with Crippen LogP contribution in [-0.4, -0.2) is 33.3 Å². The minimum atomic E-state index is -3.71. The van der Waals surface area contributed by atoms with Crippen LogP contribution in [0.3, 0.4) is 0 Å². The lowest BCUT2D eigenvalue weighted by Crippen LogP contribution is -2.22. The van der Waals surface area contributed by atoms with Crippen LogP contribution in [0.4, 0.5) is 5.69 Å². The third kappa shape index (κ3) is 6.18. The van der Waals surface area contributed by atoms with Crippen LogP contribution in [0.1, 0.15) is 32.6 Å². The van der Waals surface area contributed by atoms with E-state index >= 15 is 0 Å². The highest BCUT2D eigenvalue weighted by atomic mass is 32.2. The number of benzene rings is 3. The maximum Gasteiger partial charge on any atom is 0.262 e.